The third kappa shape index (κ3) is 3.64. The second-order valence-electron chi connectivity index (χ2n) is 8.55. The maximum atomic E-state index is 12.8. The van der Waals surface area contributed by atoms with Crippen molar-refractivity contribution < 1.29 is 4.79 Å². The average molecular weight is 399 g/mol. The van der Waals surface area contributed by atoms with Crippen LogP contribution >= 0.6 is 11.3 Å². The molecule has 1 amide bonds. The van der Waals surface area contributed by atoms with E-state index in [-0.39, 0.29) is 5.92 Å². The number of anilines is 1. The summed E-state index contributed by atoms with van der Waals surface area (Å²) in [6.07, 6.45) is 6.98. The molecule has 0 N–H and O–H groups in total. The molecule has 2 aromatic rings. The summed E-state index contributed by atoms with van der Waals surface area (Å²) >= 11 is 1.81. The first kappa shape index (κ1) is 18.4. The van der Waals surface area contributed by atoms with Gasteiger partial charge in [0.2, 0.25) is 5.91 Å². The zero-order valence-electron chi connectivity index (χ0n) is 16.6. The Balaban J connectivity index is 1.18. The fourth-order valence-electron chi connectivity index (χ4n) is 5.15. The number of aromatic nitrogens is 1. The highest BCUT2D eigenvalue weighted by Crippen LogP contribution is 2.32. The van der Waals surface area contributed by atoms with Gasteiger partial charge in [0.05, 0.1) is 16.1 Å². The average Bonchev–Trinajstić information content (AvgIpc) is 3.43. The number of carbonyl (C=O) groups excluding carboxylic acids is 1. The summed E-state index contributed by atoms with van der Waals surface area (Å²) in [5, 5.41) is 1.17. The molecule has 4 heterocycles. The highest BCUT2D eigenvalue weighted by molar-refractivity contribution is 7.22. The van der Waals surface area contributed by atoms with E-state index in [1.807, 2.05) is 11.3 Å². The lowest BCUT2D eigenvalue weighted by Crippen LogP contribution is -2.51. The molecule has 3 aliphatic heterocycles. The third-order valence-corrected chi connectivity index (χ3v) is 7.85. The van der Waals surface area contributed by atoms with Gasteiger partial charge in [-0.1, -0.05) is 23.5 Å². The number of hydrogen-bond acceptors (Lipinski definition) is 5. The van der Waals surface area contributed by atoms with Crippen molar-refractivity contribution in [3.05, 3.63) is 24.3 Å². The van der Waals surface area contributed by atoms with Crippen LogP contribution in [-0.2, 0) is 4.79 Å². The lowest BCUT2D eigenvalue weighted by molar-refractivity contribution is -0.136. The Kier molecular flexibility index (Phi) is 5.24. The fourth-order valence-corrected chi connectivity index (χ4v) is 6.17. The zero-order chi connectivity index (χ0) is 18.9. The number of thiazole rings is 1. The monoisotopic (exact) mass is 398 g/mol. The van der Waals surface area contributed by atoms with Crippen LogP contribution in [0.15, 0.2) is 24.3 Å². The standard InChI is InChI=1S/C22H30N4OS/c27-21(24-11-3-4-12-24)17-6-5-13-26(16-17)18-9-14-25(15-10-18)22-23-19-7-1-2-8-20(19)28-22/h1-2,7-8,17-18H,3-6,9-16H2/t17-/m0/s1. The molecule has 28 heavy (non-hydrogen) atoms. The second kappa shape index (κ2) is 7.99. The first-order chi connectivity index (χ1) is 13.8. The summed E-state index contributed by atoms with van der Waals surface area (Å²) in [5.74, 6) is 0.656. The first-order valence-electron chi connectivity index (χ1n) is 10.9. The van der Waals surface area contributed by atoms with Crippen molar-refractivity contribution in [3.63, 3.8) is 0 Å². The number of likely N-dealkylation sites (tertiary alicyclic amines) is 2. The van der Waals surface area contributed by atoms with Crippen LogP contribution in [0.2, 0.25) is 0 Å². The minimum absolute atomic E-state index is 0.231. The molecular formula is C22H30N4OS. The Bertz CT molecular complexity index is 790. The van der Waals surface area contributed by atoms with Crippen molar-refractivity contribution >= 4 is 32.6 Å². The van der Waals surface area contributed by atoms with Crippen molar-refractivity contribution in [3.8, 4) is 0 Å². The van der Waals surface area contributed by atoms with Crippen molar-refractivity contribution in [2.45, 2.75) is 44.6 Å². The van der Waals surface area contributed by atoms with Gasteiger partial charge in [0.25, 0.3) is 0 Å². The summed E-state index contributed by atoms with van der Waals surface area (Å²) in [6, 6.07) is 9.04. The van der Waals surface area contributed by atoms with Gasteiger partial charge in [0.15, 0.2) is 5.13 Å². The van der Waals surface area contributed by atoms with Gasteiger partial charge >= 0.3 is 0 Å². The van der Waals surface area contributed by atoms with Crippen molar-refractivity contribution in [2.75, 3.05) is 44.2 Å². The molecule has 3 aliphatic rings. The van der Waals surface area contributed by atoms with E-state index in [0.29, 0.717) is 11.9 Å². The summed E-state index contributed by atoms with van der Waals surface area (Å²) in [7, 11) is 0. The number of hydrogen-bond donors (Lipinski definition) is 0. The molecule has 0 aliphatic carbocycles. The van der Waals surface area contributed by atoms with E-state index < -0.39 is 0 Å². The molecule has 1 aromatic carbocycles. The maximum Gasteiger partial charge on any atom is 0.226 e. The lowest BCUT2D eigenvalue weighted by Gasteiger charge is -2.42. The van der Waals surface area contributed by atoms with Crippen molar-refractivity contribution in [2.24, 2.45) is 5.92 Å². The minimum Gasteiger partial charge on any atom is -0.348 e. The van der Waals surface area contributed by atoms with Gasteiger partial charge in [0, 0.05) is 38.8 Å². The normalized spacial score (nSPS) is 24.9. The third-order valence-electron chi connectivity index (χ3n) is 6.75. The Morgan fingerprint density at radius 2 is 1.75 bits per heavy atom. The van der Waals surface area contributed by atoms with E-state index in [9.17, 15) is 4.79 Å². The second-order valence-corrected chi connectivity index (χ2v) is 9.56. The van der Waals surface area contributed by atoms with E-state index in [1.54, 1.807) is 0 Å². The lowest BCUT2D eigenvalue weighted by atomic mass is 9.93. The molecule has 0 radical (unpaired) electrons. The predicted molar refractivity (Wildman–Crippen MR) is 115 cm³/mol. The summed E-state index contributed by atoms with van der Waals surface area (Å²) in [5.41, 5.74) is 1.11. The van der Waals surface area contributed by atoms with Crippen molar-refractivity contribution in [1.82, 2.24) is 14.8 Å². The Labute approximate surface area is 171 Å². The zero-order valence-corrected chi connectivity index (χ0v) is 17.4. The smallest absolute Gasteiger partial charge is 0.226 e. The molecule has 5 rings (SSSR count). The first-order valence-corrected chi connectivity index (χ1v) is 11.7. The number of para-hydroxylation sites is 1. The van der Waals surface area contributed by atoms with Crippen LogP contribution in [0.1, 0.15) is 38.5 Å². The van der Waals surface area contributed by atoms with Gasteiger partial charge in [-0.2, -0.15) is 0 Å². The van der Waals surface area contributed by atoms with E-state index in [2.05, 4.69) is 39.0 Å². The van der Waals surface area contributed by atoms with Crippen LogP contribution in [0.5, 0.6) is 0 Å². The highest BCUT2D eigenvalue weighted by Gasteiger charge is 2.34. The number of fused-ring (bicyclic) bond motifs is 1. The fraction of sp³-hybridized carbons (Fsp3) is 0.636. The van der Waals surface area contributed by atoms with E-state index in [0.717, 1.165) is 51.2 Å². The van der Waals surface area contributed by atoms with Gasteiger partial charge in [0.1, 0.15) is 0 Å². The Hall–Kier alpha value is -1.66. The molecule has 3 fully saturated rings. The number of benzene rings is 1. The van der Waals surface area contributed by atoms with Gasteiger partial charge in [-0.3, -0.25) is 9.69 Å². The van der Waals surface area contributed by atoms with Crippen LogP contribution in [-0.4, -0.2) is 66.0 Å². The van der Waals surface area contributed by atoms with Crippen molar-refractivity contribution in [1.29, 1.82) is 0 Å². The molecule has 0 saturated carbocycles. The topological polar surface area (TPSA) is 39.7 Å². The SMILES string of the molecule is O=C([C@H]1CCCN(C2CCN(c3nc4ccccc4s3)CC2)C1)N1CCCC1. The summed E-state index contributed by atoms with van der Waals surface area (Å²) < 4.78 is 1.28. The molecule has 0 spiro atoms. The number of amides is 1. The Morgan fingerprint density at radius 1 is 0.964 bits per heavy atom. The molecule has 1 aromatic heterocycles. The molecule has 5 nitrogen and oxygen atoms in total. The number of rotatable bonds is 3. The number of piperidine rings is 2. The molecule has 1 atom stereocenters. The molecule has 0 unspecified atom stereocenters. The van der Waals surface area contributed by atoms with Gasteiger partial charge < -0.3 is 9.80 Å². The van der Waals surface area contributed by atoms with Gasteiger partial charge in [-0.25, -0.2) is 4.98 Å². The molecule has 0 bridgehead atoms. The maximum absolute atomic E-state index is 12.8. The predicted octanol–water partition coefficient (Wildman–Crippen LogP) is 3.60. The Morgan fingerprint density at radius 3 is 2.54 bits per heavy atom. The molecular weight excluding hydrogens is 368 g/mol. The van der Waals surface area contributed by atoms with Crippen LogP contribution in [0, 0.1) is 5.92 Å². The quantitative estimate of drug-likeness (QED) is 0.792. The minimum atomic E-state index is 0.231. The van der Waals surface area contributed by atoms with Gasteiger partial charge in [-0.05, 0) is 57.2 Å². The molecule has 3 saturated heterocycles. The van der Waals surface area contributed by atoms with E-state index in [1.165, 1.54) is 41.9 Å². The number of carbonyl (C=O) groups is 1. The van der Waals surface area contributed by atoms with E-state index in [4.69, 9.17) is 4.98 Å². The molecule has 6 heteroatoms. The summed E-state index contributed by atoms with van der Waals surface area (Å²) in [6.45, 7) is 6.25. The van der Waals surface area contributed by atoms with Crippen LogP contribution < -0.4 is 4.90 Å². The highest BCUT2D eigenvalue weighted by atomic mass is 32.1. The van der Waals surface area contributed by atoms with E-state index >= 15 is 0 Å². The van der Waals surface area contributed by atoms with Gasteiger partial charge in [-0.15, -0.1) is 0 Å². The van der Waals surface area contributed by atoms with Crippen LogP contribution in [0.4, 0.5) is 5.13 Å². The van der Waals surface area contributed by atoms with Crippen LogP contribution in [0.3, 0.4) is 0 Å². The molecule has 150 valence electrons. The largest absolute Gasteiger partial charge is 0.348 e. The summed E-state index contributed by atoms with van der Waals surface area (Å²) in [4.78, 5) is 24.9. The van der Waals surface area contributed by atoms with Crippen LogP contribution in [0.25, 0.3) is 10.2 Å². The number of nitrogens with zero attached hydrogens (tertiary/aromatic N) is 4.